The summed E-state index contributed by atoms with van der Waals surface area (Å²) in [5.74, 6) is -1.33. The average molecular weight is 188 g/mol. The summed E-state index contributed by atoms with van der Waals surface area (Å²) in [6, 6.07) is 1.01. The smallest absolute Gasteiger partial charge is 0.151 e. The lowest BCUT2D eigenvalue weighted by Crippen LogP contribution is -2.02. The van der Waals surface area contributed by atoms with Gasteiger partial charge in [0.05, 0.1) is 11.4 Å². The standard InChI is InChI=1S/C7H8F2N2.C2H6/c1-3-2-4(8)6(10)7(11)5(3)9;1-2/h2H,10-11H2,1H3;1-2H3. The van der Waals surface area contributed by atoms with Crippen LogP contribution in [0.5, 0.6) is 0 Å². The van der Waals surface area contributed by atoms with Crippen molar-refractivity contribution in [1.82, 2.24) is 0 Å². The third-order valence-electron chi connectivity index (χ3n) is 1.47. The van der Waals surface area contributed by atoms with Crippen LogP contribution >= 0.6 is 0 Å². The largest absolute Gasteiger partial charge is 0.395 e. The van der Waals surface area contributed by atoms with Crippen LogP contribution in [0.2, 0.25) is 0 Å². The molecule has 1 aromatic carbocycles. The second-order valence-corrected chi connectivity index (χ2v) is 2.32. The SMILES string of the molecule is CC.Cc1cc(F)c(N)c(N)c1F. The first kappa shape index (κ1) is 11.7. The van der Waals surface area contributed by atoms with Crippen LogP contribution in [-0.2, 0) is 0 Å². The zero-order valence-corrected chi connectivity index (χ0v) is 7.99. The van der Waals surface area contributed by atoms with E-state index >= 15 is 0 Å². The van der Waals surface area contributed by atoms with E-state index in [1.807, 2.05) is 13.8 Å². The lowest BCUT2D eigenvalue weighted by Gasteiger charge is -2.04. The number of anilines is 2. The highest BCUT2D eigenvalue weighted by Gasteiger charge is 2.10. The topological polar surface area (TPSA) is 52.0 Å². The normalized spacial score (nSPS) is 9.00. The molecule has 0 fully saturated rings. The summed E-state index contributed by atoms with van der Waals surface area (Å²) in [5.41, 5.74) is 9.77. The first-order valence-corrected chi connectivity index (χ1v) is 4.03. The van der Waals surface area contributed by atoms with E-state index in [1.165, 1.54) is 6.92 Å². The van der Waals surface area contributed by atoms with Crippen LogP contribution in [0.15, 0.2) is 6.07 Å². The zero-order chi connectivity index (χ0) is 10.6. The van der Waals surface area contributed by atoms with Crippen molar-refractivity contribution in [1.29, 1.82) is 0 Å². The molecule has 13 heavy (non-hydrogen) atoms. The van der Waals surface area contributed by atoms with Gasteiger partial charge in [0.2, 0.25) is 0 Å². The molecule has 1 rings (SSSR count). The Labute approximate surface area is 76.5 Å². The van der Waals surface area contributed by atoms with Gasteiger partial charge in [-0.25, -0.2) is 8.78 Å². The number of halogens is 2. The van der Waals surface area contributed by atoms with Crippen LogP contribution in [0, 0.1) is 18.6 Å². The minimum absolute atomic E-state index is 0.161. The molecule has 0 bridgehead atoms. The Hall–Kier alpha value is -1.32. The number of hydrogen-bond donors (Lipinski definition) is 2. The van der Waals surface area contributed by atoms with Crippen LogP contribution in [0.4, 0.5) is 20.2 Å². The Morgan fingerprint density at radius 2 is 1.54 bits per heavy atom. The molecule has 0 radical (unpaired) electrons. The first-order chi connectivity index (χ1) is 6.04. The summed E-state index contributed by atoms with van der Waals surface area (Å²) in [5, 5.41) is 0. The monoisotopic (exact) mass is 188 g/mol. The minimum atomic E-state index is -0.679. The molecule has 0 aliphatic rings. The Morgan fingerprint density at radius 1 is 1.08 bits per heavy atom. The predicted molar refractivity (Wildman–Crippen MR) is 51.3 cm³/mol. The Bertz CT molecular complexity index is 272. The van der Waals surface area contributed by atoms with Crippen LogP contribution in [0.1, 0.15) is 19.4 Å². The van der Waals surface area contributed by atoms with Crippen molar-refractivity contribution in [2.24, 2.45) is 0 Å². The highest BCUT2D eigenvalue weighted by atomic mass is 19.1. The van der Waals surface area contributed by atoms with Gasteiger partial charge >= 0.3 is 0 Å². The maximum atomic E-state index is 12.8. The fraction of sp³-hybridized carbons (Fsp3) is 0.333. The van der Waals surface area contributed by atoms with Gasteiger partial charge in [-0.2, -0.15) is 0 Å². The summed E-state index contributed by atoms with van der Waals surface area (Å²) in [7, 11) is 0. The first-order valence-electron chi connectivity index (χ1n) is 4.03. The van der Waals surface area contributed by atoms with E-state index < -0.39 is 11.6 Å². The van der Waals surface area contributed by atoms with E-state index in [4.69, 9.17) is 11.5 Å². The average Bonchev–Trinajstić information content (AvgIpc) is 2.15. The van der Waals surface area contributed by atoms with Crippen LogP contribution < -0.4 is 11.5 Å². The number of nitrogens with two attached hydrogens (primary N) is 2. The van der Waals surface area contributed by atoms with E-state index in [0.717, 1.165) is 6.07 Å². The molecule has 1 aromatic rings. The molecule has 0 saturated heterocycles. The van der Waals surface area contributed by atoms with Crippen molar-refractivity contribution >= 4 is 11.4 Å². The lowest BCUT2D eigenvalue weighted by atomic mass is 10.2. The molecule has 0 spiro atoms. The molecule has 74 valence electrons. The molecule has 2 nitrogen and oxygen atoms in total. The van der Waals surface area contributed by atoms with Gasteiger partial charge in [0.25, 0.3) is 0 Å². The second-order valence-electron chi connectivity index (χ2n) is 2.32. The van der Waals surface area contributed by atoms with Crippen LogP contribution in [0.25, 0.3) is 0 Å². The van der Waals surface area contributed by atoms with Crippen LogP contribution in [-0.4, -0.2) is 0 Å². The number of benzene rings is 1. The summed E-state index contributed by atoms with van der Waals surface area (Å²) >= 11 is 0. The molecular weight excluding hydrogens is 174 g/mol. The molecule has 0 amide bonds. The van der Waals surface area contributed by atoms with Crippen molar-refractivity contribution in [3.63, 3.8) is 0 Å². The quantitative estimate of drug-likeness (QED) is 0.614. The highest BCUT2D eigenvalue weighted by molar-refractivity contribution is 5.65. The van der Waals surface area contributed by atoms with Gasteiger partial charge in [-0.3, -0.25) is 0 Å². The van der Waals surface area contributed by atoms with Crippen molar-refractivity contribution in [2.45, 2.75) is 20.8 Å². The Balaban J connectivity index is 0.000000671. The van der Waals surface area contributed by atoms with Crippen molar-refractivity contribution in [2.75, 3.05) is 11.5 Å². The van der Waals surface area contributed by atoms with Crippen LogP contribution in [0.3, 0.4) is 0 Å². The molecule has 0 atom stereocenters. The fourth-order valence-electron chi connectivity index (χ4n) is 0.791. The number of rotatable bonds is 0. The summed E-state index contributed by atoms with van der Waals surface area (Å²) in [4.78, 5) is 0. The summed E-state index contributed by atoms with van der Waals surface area (Å²) in [6.45, 7) is 5.42. The molecule has 0 heterocycles. The number of nitrogen functional groups attached to an aromatic ring is 2. The summed E-state index contributed by atoms with van der Waals surface area (Å²) in [6.07, 6.45) is 0. The van der Waals surface area contributed by atoms with Crippen molar-refractivity contribution in [3.05, 3.63) is 23.3 Å². The van der Waals surface area contributed by atoms with Crippen molar-refractivity contribution in [3.8, 4) is 0 Å². The Morgan fingerprint density at radius 3 is 2.00 bits per heavy atom. The van der Waals surface area contributed by atoms with Crippen molar-refractivity contribution < 1.29 is 8.78 Å². The third kappa shape index (κ3) is 2.31. The molecule has 0 aromatic heterocycles. The molecule has 4 N–H and O–H groups in total. The van der Waals surface area contributed by atoms with Gasteiger partial charge in [0, 0.05) is 0 Å². The fourth-order valence-corrected chi connectivity index (χ4v) is 0.791. The number of aryl methyl sites for hydroxylation is 1. The van der Waals surface area contributed by atoms with E-state index in [-0.39, 0.29) is 16.9 Å². The lowest BCUT2D eigenvalue weighted by molar-refractivity contribution is 0.600. The molecule has 0 unspecified atom stereocenters. The van der Waals surface area contributed by atoms with Gasteiger partial charge in [-0.1, -0.05) is 13.8 Å². The van der Waals surface area contributed by atoms with Gasteiger partial charge in [-0.15, -0.1) is 0 Å². The zero-order valence-electron chi connectivity index (χ0n) is 7.99. The second kappa shape index (κ2) is 4.64. The molecule has 0 aliphatic carbocycles. The molecule has 0 saturated carbocycles. The molecular formula is C9H14F2N2. The van der Waals surface area contributed by atoms with Gasteiger partial charge in [-0.05, 0) is 18.6 Å². The van der Waals surface area contributed by atoms with E-state index in [9.17, 15) is 8.78 Å². The van der Waals surface area contributed by atoms with E-state index in [0.29, 0.717) is 0 Å². The highest BCUT2D eigenvalue weighted by Crippen LogP contribution is 2.24. The van der Waals surface area contributed by atoms with Gasteiger partial charge < -0.3 is 11.5 Å². The van der Waals surface area contributed by atoms with Gasteiger partial charge in [0.1, 0.15) is 5.82 Å². The Kier molecular flexibility index (Phi) is 4.17. The predicted octanol–water partition coefficient (Wildman–Crippen LogP) is 2.46. The van der Waals surface area contributed by atoms with E-state index in [2.05, 4.69) is 0 Å². The van der Waals surface area contributed by atoms with Gasteiger partial charge in [0.15, 0.2) is 5.82 Å². The summed E-state index contributed by atoms with van der Waals surface area (Å²) < 4.78 is 25.4. The maximum absolute atomic E-state index is 12.8. The minimum Gasteiger partial charge on any atom is -0.395 e. The molecule has 0 aliphatic heterocycles. The number of hydrogen-bond acceptors (Lipinski definition) is 2. The third-order valence-corrected chi connectivity index (χ3v) is 1.47. The maximum Gasteiger partial charge on any atom is 0.151 e. The van der Waals surface area contributed by atoms with E-state index in [1.54, 1.807) is 0 Å². The molecule has 4 heteroatoms.